The summed E-state index contributed by atoms with van der Waals surface area (Å²) in [5.41, 5.74) is 6.41. The van der Waals surface area contributed by atoms with E-state index in [9.17, 15) is 8.42 Å². The van der Waals surface area contributed by atoms with Crippen LogP contribution in [0, 0.1) is 6.92 Å². The van der Waals surface area contributed by atoms with Gasteiger partial charge in [0.05, 0.1) is 11.4 Å². The molecule has 0 aliphatic heterocycles. The fourth-order valence-corrected chi connectivity index (χ4v) is 3.62. The monoisotopic (exact) mass is 272 g/mol. The first-order valence-corrected chi connectivity index (χ1v) is 7.28. The van der Waals surface area contributed by atoms with Gasteiger partial charge < -0.3 is 5.73 Å². The molecule has 6 nitrogen and oxygen atoms in total. The van der Waals surface area contributed by atoms with Crippen LogP contribution in [0.1, 0.15) is 24.7 Å². The molecule has 7 heteroatoms. The SMILES string of the molecule is C=CCN(CCC)S(=O)(=O)c1c(CN)n[nH]c1C. The van der Waals surface area contributed by atoms with Crippen LogP contribution in [-0.4, -0.2) is 36.0 Å². The molecule has 0 aliphatic carbocycles. The van der Waals surface area contributed by atoms with Crippen LogP contribution in [0.4, 0.5) is 0 Å². The van der Waals surface area contributed by atoms with E-state index in [1.807, 2.05) is 6.92 Å². The Morgan fingerprint density at radius 2 is 2.22 bits per heavy atom. The summed E-state index contributed by atoms with van der Waals surface area (Å²) in [6.07, 6.45) is 2.31. The van der Waals surface area contributed by atoms with Crippen molar-refractivity contribution in [1.82, 2.24) is 14.5 Å². The second-order valence-electron chi connectivity index (χ2n) is 3.98. The van der Waals surface area contributed by atoms with Crippen molar-refractivity contribution < 1.29 is 8.42 Å². The number of aromatic amines is 1. The fourth-order valence-electron chi connectivity index (χ4n) is 1.78. The number of sulfonamides is 1. The van der Waals surface area contributed by atoms with Crippen molar-refractivity contribution in [3.63, 3.8) is 0 Å². The van der Waals surface area contributed by atoms with Crippen LogP contribution in [-0.2, 0) is 16.6 Å². The molecule has 0 radical (unpaired) electrons. The van der Waals surface area contributed by atoms with Gasteiger partial charge in [0.25, 0.3) is 0 Å². The highest BCUT2D eigenvalue weighted by Crippen LogP contribution is 2.22. The van der Waals surface area contributed by atoms with Gasteiger partial charge in [0.2, 0.25) is 10.0 Å². The van der Waals surface area contributed by atoms with Crippen LogP contribution in [0.3, 0.4) is 0 Å². The number of hydrogen-bond donors (Lipinski definition) is 2. The first kappa shape index (κ1) is 14.9. The summed E-state index contributed by atoms with van der Waals surface area (Å²) in [6, 6.07) is 0. The van der Waals surface area contributed by atoms with Gasteiger partial charge in [-0.05, 0) is 13.3 Å². The summed E-state index contributed by atoms with van der Waals surface area (Å²) in [5.74, 6) is 0. The predicted molar refractivity (Wildman–Crippen MR) is 70.5 cm³/mol. The molecule has 0 aliphatic rings. The Balaban J connectivity index is 3.25. The molecule has 1 aromatic heterocycles. The van der Waals surface area contributed by atoms with Gasteiger partial charge in [0.15, 0.2) is 0 Å². The van der Waals surface area contributed by atoms with E-state index in [4.69, 9.17) is 5.73 Å². The average molecular weight is 272 g/mol. The summed E-state index contributed by atoms with van der Waals surface area (Å²) in [5, 5.41) is 6.59. The number of hydrogen-bond acceptors (Lipinski definition) is 4. The largest absolute Gasteiger partial charge is 0.325 e. The zero-order valence-corrected chi connectivity index (χ0v) is 11.6. The Kier molecular flexibility index (Phi) is 5.06. The van der Waals surface area contributed by atoms with Crippen LogP contribution < -0.4 is 5.73 Å². The van der Waals surface area contributed by atoms with Crippen molar-refractivity contribution in [3.05, 3.63) is 24.0 Å². The highest BCUT2D eigenvalue weighted by Gasteiger charge is 2.29. The third-order valence-electron chi connectivity index (χ3n) is 2.56. The molecule has 0 fully saturated rings. The van der Waals surface area contributed by atoms with Crippen molar-refractivity contribution in [1.29, 1.82) is 0 Å². The van der Waals surface area contributed by atoms with Gasteiger partial charge in [-0.25, -0.2) is 8.42 Å². The Labute approximate surface area is 108 Å². The van der Waals surface area contributed by atoms with Gasteiger partial charge in [-0.2, -0.15) is 9.40 Å². The molecule has 0 amide bonds. The summed E-state index contributed by atoms with van der Waals surface area (Å²) in [7, 11) is -3.57. The lowest BCUT2D eigenvalue weighted by atomic mass is 10.4. The lowest BCUT2D eigenvalue weighted by Crippen LogP contribution is -2.33. The van der Waals surface area contributed by atoms with E-state index in [-0.39, 0.29) is 18.0 Å². The molecule has 0 bridgehead atoms. The molecule has 0 spiro atoms. The van der Waals surface area contributed by atoms with Gasteiger partial charge in [0.1, 0.15) is 4.90 Å². The van der Waals surface area contributed by atoms with Crippen LogP contribution >= 0.6 is 0 Å². The van der Waals surface area contributed by atoms with E-state index >= 15 is 0 Å². The van der Waals surface area contributed by atoms with E-state index < -0.39 is 10.0 Å². The molecule has 0 aromatic carbocycles. The summed E-state index contributed by atoms with van der Waals surface area (Å²) < 4.78 is 26.5. The van der Waals surface area contributed by atoms with Crippen LogP contribution in [0.2, 0.25) is 0 Å². The summed E-state index contributed by atoms with van der Waals surface area (Å²) in [6.45, 7) is 8.01. The molecule has 0 saturated heterocycles. The standard InChI is InChI=1S/C11H20N4O2S/c1-4-6-15(7-5-2)18(16,17)11-9(3)13-14-10(11)8-12/h4H,1,5-8,12H2,2-3H3,(H,13,14). The Bertz CT molecular complexity index is 507. The number of nitrogens with two attached hydrogens (primary N) is 1. The molecule has 1 rings (SSSR count). The molecule has 0 atom stereocenters. The number of nitrogens with zero attached hydrogens (tertiary/aromatic N) is 2. The molecule has 0 unspecified atom stereocenters. The lowest BCUT2D eigenvalue weighted by molar-refractivity contribution is 0.440. The zero-order chi connectivity index (χ0) is 13.8. The lowest BCUT2D eigenvalue weighted by Gasteiger charge is -2.20. The van der Waals surface area contributed by atoms with E-state index in [0.717, 1.165) is 6.42 Å². The van der Waals surface area contributed by atoms with Gasteiger partial charge >= 0.3 is 0 Å². The van der Waals surface area contributed by atoms with Crippen LogP contribution in [0.25, 0.3) is 0 Å². The first-order valence-electron chi connectivity index (χ1n) is 5.84. The molecule has 102 valence electrons. The topological polar surface area (TPSA) is 92.1 Å². The normalized spacial score (nSPS) is 12.0. The smallest absolute Gasteiger partial charge is 0.247 e. The second kappa shape index (κ2) is 6.12. The number of nitrogens with one attached hydrogen (secondary N) is 1. The summed E-state index contributed by atoms with van der Waals surface area (Å²) in [4.78, 5) is 0.195. The number of aromatic nitrogens is 2. The van der Waals surface area contributed by atoms with Crippen LogP contribution in [0.15, 0.2) is 17.6 Å². The highest BCUT2D eigenvalue weighted by atomic mass is 32.2. The number of H-pyrrole nitrogens is 1. The van der Waals surface area contributed by atoms with E-state index in [2.05, 4.69) is 16.8 Å². The maximum Gasteiger partial charge on any atom is 0.247 e. The molecule has 18 heavy (non-hydrogen) atoms. The van der Waals surface area contributed by atoms with Crippen molar-refractivity contribution in [2.24, 2.45) is 5.73 Å². The second-order valence-corrected chi connectivity index (χ2v) is 5.86. The Morgan fingerprint density at radius 1 is 1.56 bits per heavy atom. The molecule has 3 N–H and O–H groups in total. The molecular weight excluding hydrogens is 252 g/mol. The average Bonchev–Trinajstić information content (AvgIpc) is 2.70. The van der Waals surface area contributed by atoms with Crippen LogP contribution in [0.5, 0.6) is 0 Å². The molecule has 1 heterocycles. The number of rotatable bonds is 7. The minimum absolute atomic E-state index is 0.0902. The van der Waals surface area contributed by atoms with Gasteiger partial charge in [-0.3, -0.25) is 5.10 Å². The van der Waals surface area contributed by atoms with Gasteiger partial charge in [-0.15, -0.1) is 6.58 Å². The van der Waals surface area contributed by atoms with Crippen molar-refractivity contribution in [2.75, 3.05) is 13.1 Å². The Morgan fingerprint density at radius 3 is 2.72 bits per heavy atom. The van der Waals surface area contributed by atoms with Crippen molar-refractivity contribution >= 4 is 10.0 Å². The molecule has 0 saturated carbocycles. The van der Waals surface area contributed by atoms with E-state index in [0.29, 0.717) is 17.9 Å². The first-order chi connectivity index (χ1) is 8.48. The molecular formula is C11H20N4O2S. The maximum atomic E-state index is 12.5. The minimum Gasteiger partial charge on any atom is -0.325 e. The van der Waals surface area contributed by atoms with Crippen molar-refractivity contribution in [3.8, 4) is 0 Å². The van der Waals surface area contributed by atoms with E-state index in [1.54, 1.807) is 13.0 Å². The van der Waals surface area contributed by atoms with Gasteiger partial charge in [0, 0.05) is 19.6 Å². The zero-order valence-electron chi connectivity index (χ0n) is 10.8. The Hall–Kier alpha value is -1.18. The summed E-state index contributed by atoms with van der Waals surface area (Å²) >= 11 is 0. The third kappa shape index (κ3) is 2.80. The predicted octanol–water partition coefficient (Wildman–Crippen LogP) is 0.764. The quantitative estimate of drug-likeness (QED) is 0.717. The number of aryl methyl sites for hydroxylation is 1. The van der Waals surface area contributed by atoms with Gasteiger partial charge in [-0.1, -0.05) is 13.0 Å². The van der Waals surface area contributed by atoms with Crippen molar-refractivity contribution in [2.45, 2.75) is 31.7 Å². The highest BCUT2D eigenvalue weighted by molar-refractivity contribution is 7.89. The minimum atomic E-state index is -3.57. The van der Waals surface area contributed by atoms with E-state index in [1.165, 1.54) is 4.31 Å². The third-order valence-corrected chi connectivity index (χ3v) is 4.63. The fraction of sp³-hybridized carbons (Fsp3) is 0.545. The maximum absolute atomic E-state index is 12.5. The molecule has 1 aromatic rings.